The Labute approximate surface area is 153 Å². The molecule has 134 valence electrons. The number of nitrogens with zero attached hydrogens (tertiary/aromatic N) is 1. The maximum Gasteiger partial charge on any atom is 0.224 e. The van der Waals surface area contributed by atoms with E-state index >= 15 is 0 Å². The van der Waals surface area contributed by atoms with Gasteiger partial charge >= 0.3 is 0 Å². The molecule has 5 heteroatoms. The number of benzene rings is 1. The number of amides is 1. The third-order valence-electron chi connectivity index (χ3n) is 4.79. The van der Waals surface area contributed by atoms with Gasteiger partial charge in [0.25, 0.3) is 0 Å². The lowest BCUT2D eigenvalue weighted by Gasteiger charge is -2.34. The molecule has 1 atom stereocenters. The summed E-state index contributed by atoms with van der Waals surface area (Å²) in [4.78, 5) is 16.1. The first-order chi connectivity index (χ1) is 12.1. The molecule has 1 saturated heterocycles. The highest BCUT2D eigenvalue weighted by molar-refractivity contribution is 7.10. The van der Waals surface area contributed by atoms with Crippen molar-refractivity contribution in [3.8, 4) is 0 Å². The summed E-state index contributed by atoms with van der Waals surface area (Å²) >= 11 is 1.75. The van der Waals surface area contributed by atoms with Gasteiger partial charge in [-0.3, -0.25) is 9.69 Å². The number of hydrogen-bond acceptors (Lipinski definition) is 4. The Hall–Kier alpha value is -1.69. The fourth-order valence-electron chi connectivity index (χ4n) is 3.15. The number of carbonyl (C=O) groups excluding carboxylic acids is 1. The molecule has 2 aromatic rings. The molecule has 1 unspecified atom stereocenters. The molecule has 25 heavy (non-hydrogen) atoms. The van der Waals surface area contributed by atoms with E-state index in [1.54, 1.807) is 11.3 Å². The molecule has 0 bridgehead atoms. The fraction of sp³-hybridized carbons (Fsp3) is 0.450. The lowest BCUT2D eigenvalue weighted by Crippen LogP contribution is -2.43. The molecule has 1 fully saturated rings. The molecule has 3 rings (SSSR count). The Morgan fingerprint density at radius 3 is 2.72 bits per heavy atom. The number of carbonyl (C=O) groups is 1. The van der Waals surface area contributed by atoms with Crippen LogP contribution in [0.2, 0.25) is 0 Å². The fourth-order valence-corrected chi connectivity index (χ4v) is 4.01. The van der Waals surface area contributed by atoms with Crippen molar-refractivity contribution >= 4 is 17.2 Å². The van der Waals surface area contributed by atoms with E-state index in [1.165, 1.54) is 16.0 Å². The Bertz CT molecular complexity index is 694. The Balaban J connectivity index is 1.60. The van der Waals surface area contributed by atoms with Gasteiger partial charge in [0.15, 0.2) is 0 Å². The molecular formula is C20H26N2O2S. The molecule has 1 amide bonds. The van der Waals surface area contributed by atoms with E-state index in [1.807, 2.05) is 6.07 Å². The Morgan fingerprint density at radius 2 is 2.04 bits per heavy atom. The lowest BCUT2D eigenvalue weighted by molar-refractivity contribution is -0.120. The average Bonchev–Trinajstić information content (AvgIpc) is 3.14. The van der Waals surface area contributed by atoms with Crippen LogP contribution in [0.5, 0.6) is 0 Å². The standard InChI is InChI=1S/C20H26N2O2S/c1-15-5-6-17(12-16(15)2)13-20(23)21-14-18(19-4-3-11-25-19)22-7-9-24-10-8-22/h3-6,11-12,18H,7-10,13-14H2,1-2H3,(H,21,23). The van der Waals surface area contributed by atoms with E-state index in [-0.39, 0.29) is 11.9 Å². The maximum atomic E-state index is 12.4. The van der Waals surface area contributed by atoms with Crippen molar-refractivity contribution in [2.45, 2.75) is 26.3 Å². The number of nitrogens with one attached hydrogen (secondary N) is 1. The third-order valence-corrected chi connectivity index (χ3v) is 5.76. The van der Waals surface area contributed by atoms with Gasteiger partial charge < -0.3 is 10.1 Å². The number of thiophene rings is 1. The predicted octanol–water partition coefficient (Wildman–Crippen LogP) is 3.10. The molecule has 1 aromatic carbocycles. The second-order valence-electron chi connectivity index (χ2n) is 6.58. The van der Waals surface area contributed by atoms with Gasteiger partial charge in [0.1, 0.15) is 0 Å². The van der Waals surface area contributed by atoms with E-state index < -0.39 is 0 Å². The van der Waals surface area contributed by atoms with Crippen molar-refractivity contribution in [2.75, 3.05) is 32.8 Å². The zero-order valence-electron chi connectivity index (χ0n) is 15.0. The van der Waals surface area contributed by atoms with Crippen LogP contribution in [0.4, 0.5) is 0 Å². The quantitative estimate of drug-likeness (QED) is 0.863. The molecule has 1 aliphatic rings. The van der Waals surface area contributed by atoms with E-state index in [4.69, 9.17) is 4.74 Å². The van der Waals surface area contributed by atoms with E-state index in [2.05, 4.69) is 53.7 Å². The number of morpholine rings is 1. The minimum atomic E-state index is 0.0815. The maximum absolute atomic E-state index is 12.4. The van der Waals surface area contributed by atoms with Gasteiger partial charge in [-0.25, -0.2) is 0 Å². The predicted molar refractivity (Wildman–Crippen MR) is 102 cm³/mol. The summed E-state index contributed by atoms with van der Waals surface area (Å²) in [5.74, 6) is 0.0815. The number of rotatable bonds is 6. The van der Waals surface area contributed by atoms with Gasteiger partial charge in [-0.15, -0.1) is 11.3 Å². The molecule has 1 aliphatic heterocycles. The highest BCUT2D eigenvalue weighted by atomic mass is 32.1. The van der Waals surface area contributed by atoms with Crippen LogP contribution >= 0.6 is 11.3 Å². The van der Waals surface area contributed by atoms with Crippen LogP contribution in [0.15, 0.2) is 35.7 Å². The number of ether oxygens (including phenoxy) is 1. The SMILES string of the molecule is Cc1ccc(CC(=O)NCC(c2cccs2)N2CCOCC2)cc1C. The van der Waals surface area contributed by atoms with Gasteiger partial charge in [-0.05, 0) is 42.0 Å². The molecule has 2 heterocycles. The Kier molecular flexibility index (Phi) is 6.24. The van der Waals surface area contributed by atoms with Crippen molar-refractivity contribution < 1.29 is 9.53 Å². The zero-order chi connectivity index (χ0) is 17.6. The zero-order valence-corrected chi connectivity index (χ0v) is 15.8. The van der Waals surface area contributed by atoms with Gasteiger partial charge in [0, 0.05) is 24.5 Å². The van der Waals surface area contributed by atoms with E-state index in [0.29, 0.717) is 13.0 Å². The van der Waals surface area contributed by atoms with Crippen molar-refractivity contribution in [1.82, 2.24) is 10.2 Å². The van der Waals surface area contributed by atoms with Crippen molar-refractivity contribution in [3.05, 3.63) is 57.3 Å². The Morgan fingerprint density at radius 1 is 1.24 bits per heavy atom. The summed E-state index contributed by atoms with van der Waals surface area (Å²) < 4.78 is 5.47. The average molecular weight is 359 g/mol. The second-order valence-corrected chi connectivity index (χ2v) is 7.56. The summed E-state index contributed by atoms with van der Waals surface area (Å²) in [6, 6.07) is 10.7. The first-order valence-electron chi connectivity index (χ1n) is 8.81. The van der Waals surface area contributed by atoms with Crippen LogP contribution in [0.3, 0.4) is 0 Å². The molecular weight excluding hydrogens is 332 g/mol. The largest absolute Gasteiger partial charge is 0.379 e. The molecule has 0 aliphatic carbocycles. The van der Waals surface area contributed by atoms with Crippen molar-refractivity contribution in [2.24, 2.45) is 0 Å². The first kappa shape index (κ1) is 18.1. The monoisotopic (exact) mass is 358 g/mol. The van der Waals surface area contributed by atoms with Gasteiger partial charge in [-0.2, -0.15) is 0 Å². The van der Waals surface area contributed by atoms with Crippen molar-refractivity contribution in [3.63, 3.8) is 0 Å². The topological polar surface area (TPSA) is 41.6 Å². The highest BCUT2D eigenvalue weighted by Crippen LogP contribution is 2.25. The normalized spacial score (nSPS) is 16.6. The van der Waals surface area contributed by atoms with Gasteiger partial charge in [-0.1, -0.05) is 24.3 Å². The molecule has 4 nitrogen and oxygen atoms in total. The minimum absolute atomic E-state index is 0.0815. The minimum Gasteiger partial charge on any atom is -0.379 e. The summed E-state index contributed by atoms with van der Waals surface area (Å²) in [5, 5.41) is 5.23. The molecule has 0 saturated carbocycles. The van der Waals surface area contributed by atoms with E-state index in [9.17, 15) is 4.79 Å². The van der Waals surface area contributed by atoms with Gasteiger partial charge in [0.2, 0.25) is 5.91 Å². The summed E-state index contributed by atoms with van der Waals surface area (Å²) in [6.45, 7) is 8.17. The number of hydrogen-bond donors (Lipinski definition) is 1. The number of aryl methyl sites for hydroxylation is 2. The van der Waals surface area contributed by atoms with Crippen LogP contribution in [-0.4, -0.2) is 43.7 Å². The van der Waals surface area contributed by atoms with Crippen LogP contribution in [0.25, 0.3) is 0 Å². The summed E-state index contributed by atoms with van der Waals surface area (Å²) in [5.41, 5.74) is 3.56. The van der Waals surface area contributed by atoms with Crippen molar-refractivity contribution in [1.29, 1.82) is 0 Å². The summed E-state index contributed by atoms with van der Waals surface area (Å²) in [7, 11) is 0. The molecule has 0 spiro atoms. The van der Waals surface area contributed by atoms with Crippen LogP contribution in [0, 0.1) is 13.8 Å². The van der Waals surface area contributed by atoms with Crippen LogP contribution in [0.1, 0.15) is 27.6 Å². The molecule has 1 aromatic heterocycles. The summed E-state index contributed by atoms with van der Waals surface area (Å²) in [6.07, 6.45) is 0.432. The first-order valence-corrected chi connectivity index (χ1v) is 9.69. The molecule has 0 radical (unpaired) electrons. The lowest BCUT2D eigenvalue weighted by atomic mass is 10.0. The third kappa shape index (κ3) is 4.91. The highest BCUT2D eigenvalue weighted by Gasteiger charge is 2.23. The second kappa shape index (κ2) is 8.61. The molecule has 1 N–H and O–H groups in total. The van der Waals surface area contributed by atoms with Crippen LogP contribution < -0.4 is 5.32 Å². The van der Waals surface area contributed by atoms with Gasteiger partial charge in [0.05, 0.1) is 25.7 Å². The van der Waals surface area contributed by atoms with Crippen LogP contribution in [-0.2, 0) is 16.0 Å². The van der Waals surface area contributed by atoms with E-state index in [0.717, 1.165) is 31.9 Å². The smallest absolute Gasteiger partial charge is 0.224 e.